The summed E-state index contributed by atoms with van der Waals surface area (Å²) in [4.78, 5) is 34.5. The predicted octanol–water partition coefficient (Wildman–Crippen LogP) is 13.9. The molecule has 4 aromatic carbocycles. The third-order valence-corrected chi connectivity index (χ3v) is 16.1. The highest BCUT2D eigenvalue weighted by Crippen LogP contribution is 2.56. The smallest absolute Gasteiger partial charge is 0.257 e. The van der Waals surface area contributed by atoms with E-state index in [4.69, 9.17) is 18.9 Å². The number of hydrogen-bond donors (Lipinski definition) is 2. The molecule has 0 spiro atoms. The van der Waals surface area contributed by atoms with Crippen molar-refractivity contribution in [1.29, 1.82) is 0 Å². The van der Waals surface area contributed by atoms with Crippen molar-refractivity contribution in [3.05, 3.63) is 70.8 Å². The zero-order valence-corrected chi connectivity index (χ0v) is 44.5. The lowest BCUT2D eigenvalue weighted by molar-refractivity contribution is -0.123. The Balaban J connectivity index is 1.63. The minimum Gasteiger partial charge on any atom is -0.491 e. The van der Waals surface area contributed by atoms with Crippen LogP contribution in [0.2, 0.25) is 0 Å². The summed E-state index contributed by atoms with van der Waals surface area (Å²) in [5.41, 5.74) is 3.75. The molecular formula is C54H70N2O6S4. The fourth-order valence-electron chi connectivity index (χ4n) is 7.68. The van der Waals surface area contributed by atoms with Crippen molar-refractivity contribution in [2.45, 2.75) is 182 Å². The van der Waals surface area contributed by atoms with Crippen LogP contribution in [0.4, 0.5) is 0 Å². The molecule has 8 nitrogen and oxygen atoms in total. The van der Waals surface area contributed by atoms with Gasteiger partial charge in [0.2, 0.25) is 0 Å². The first-order valence-corrected chi connectivity index (χ1v) is 26.8. The van der Waals surface area contributed by atoms with Gasteiger partial charge in [0.25, 0.3) is 11.8 Å². The first kappa shape index (κ1) is 50.3. The van der Waals surface area contributed by atoms with Crippen molar-refractivity contribution in [2.75, 3.05) is 39.5 Å². The van der Waals surface area contributed by atoms with E-state index in [0.717, 1.165) is 111 Å². The molecule has 12 heteroatoms. The standard InChI is InChI=1S/C54H70N2O6S4/c1-51(2,3)33-23-37-47-39(25-33)65-43-29-36(54(10,11)12)28-42-50(43)62-32-46(58)56-20-16-14-18-22-60-48-38(64-42)24-34(52(4,5)6)26-40(48)66-44-30-35(53(7,8)9)27-41(63-37)49(44)61-31-45(57)55-19-15-13-17-21-59-47/h23-30H,13-22,31-32H2,1-12H3,(H,55,57)(H,56,58). The lowest BCUT2D eigenvalue weighted by Gasteiger charge is -2.28. The zero-order valence-electron chi connectivity index (χ0n) is 41.2. The van der Waals surface area contributed by atoms with Gasteiger partial charge in [-0.25, -0.2) is 0 Å². The maximum Gasteiger partial charge on any atom is 0.257 e. The van der Waals surface area contributed by atoms with Crippen LogP contribution < -0.4 is 29.6 Å². The number of rotatable bonds is 0. The monoisotopic (exact) mass is 970 g/mol. The first-order chi connectivity index (χ1) is 31.0. The van der Waals surface area contributed by atoms with Crippen LogP contribution in [-0.4, -0.2) is 51.3 Å². The zero-order chi connectivity index (χ0) is 47.6. The molecule has 3 aliphatic heterocycles. The van der Waals surface area contributed by atoms with Crippen molar-refractivity contribution < 1.29 is 28.5 Å². The molecular weight excluding hydrogens is 901 g/mol. The summed E-state index contributed by atoms with van der Waals surface area (Å²) < 4.78 is 27.7. The Bertz CT molecular complexity index is 2270. The predicted molar refractivity (Wildman–Crippen MR) is 273 cm³/mol. The average Bonchev–Trinajstić information content (AvgIpc) is 3.22. The number of carbonyl (C=O) groups is 2. The number of benzene rings is 4. The SMILES string of the molecule is CC(C)(C)c1cc2c3c(c1)Sc1cc(C(C)(C)C)cc4c1OCC(=O)NCCCCCOc1c(cc(C(C)(C)C)cc1S4)Sc1cc(C(C)(C)C)cc(c1OCC(=O)NCCCCCO3)S2. The van der Waals surface area contributed by atoms with Gasteiger partial charge in [0.05, 0.1) is 52.4 Å². The number of hydrogen-bond acceptors (Lipinski definition) is 10. The van der Waals surface area contributed by atoms with Gasteiger partial charge < -0.3 is 29.6 Å². The van der Waals surface area contributed by atoms with E-state index in [-0.39, 0.29) is 46.7 Å². The van der Waals surface area contributed by atoms with Gasteiger partial charge in [-0.15, -0.1) is 0 Å². The topological polar surface area (TPSA) is 95.1 Å². The Labute approximate surface area is 411 Å². The molecule has 0 unspecified atom stereocenters. The summed E-state index contributed by atoms with van der Waals surface area (Å²) in [7, 11) is 0. The summed E-state index contributed by atoms with van der Waals surface area (Å²) >= 11 is 6.54. The third kappa shape index (κ3) is 12.5. The van der Waals surface area contributed by atoms with Crippen LogP contribution in [-0.2, 0) is 31.2 Å². The van der Waals surface area contributed by atoms with Crippen molar-refractivity contribution in [1.82, 2.24) is 10.6 Å². The Morgan fingerprint density at radius 3 is 0.848 bits per heavy atom. The Morgan fingerprint density at radius 1 is 0.364 bits per heavy atom. The lowest BCUT2D eigenvalue weighted by Crippen LogP contribution is -2.30. The Kier molecular flexibility index (Phi) is 15.7. The molecule has 2 N–H and O–H groups in total. The molecule has 66 heavy (non-hydrogen) atoms. The van der Waals surface area contributed by atoms with Crippen molar-refractivity contribution in [3.63, 3.8) is 0 Å². The van der Waals surface area contributed by atoms with E-state index in [9.17, 15) is 9.59 Å². The van der Waals surface area contributed by atoms with Crippen LogP contribution in [0.15, 0.2) is 87.7 Å². The van der Waals surface area contributed by atoms with Gasteiger partial charge in [0, 0.05) is 13.1 Å². The van der Waals surface area contributed by atoms with Crippen LogP contribution in [0.25, 0.3) is 0 Å². The summed E-state index contributed by atoms with van der Waals surface area (Å²) in [5.74, 6) is 2.62. The number of nitrogens with one attached hydrogen (secondary N) is 2. The van der Waals surface area contributed by atoms with Crippen molar-refractivity contribution in [3.8, 4) is 23.0 Å². The molecule has 0 aromatic heterocycles. The highest BCUT2D eigenvalue weighted by molar-refractivity contribution is 8.01. The molecule has 356 valence electrons. The van der Waals surface area contributed by atoms with Crippen LogP contribution in [0.5, 0.6) is 23.0 Å². The maximum absolute atomic E-state index is 13.5. The second-order valence-corrected chi connectivity index (χ2v) is 26.0. The molecule has 0 fully saturated rings. The minimum atomic E-state index is -0.217. The molecule has 0 saturated carbocycles. The summed E-state index contributed by atoms with van der Waals surface area (Å²) in [6.45, 7) is 28.8. The van der Waals surface area contributed by atoms with Gasteiger partial charge in [-0.3, -0.25) is 9.59 Å². The van der Waals surface area contributed by atoms with Crippen molar-refractivity contribution >= 4 is 58.9 Å². The quantitative estimate of drug-likeness (QED) is 0.156. The molecule has 7 rings (SSSR count). The number of carbonyl (C=O) groups excluding carboxylic acids is 2. The summed E-state index contributed by atoms with van der Waals surface area (Å²) in [6.07, 6.45) is 5.12. The lowest BCUT2D eigenvalue weighted by atomic mass is 9.87. The second-order valence-electron chi connectivity index (χ2n) is 21.7. The minimum absolute atomic E-state index is 0.111. The van der Waals surface area contributed by atoms with Gasteiger partial charge >= 0.3 is 0 Å². The number of amides is 2. The van der Waals surface area contributed by atoms with Crippen LogP contribution in [0, 0.1) is 0 Å². The van der Waals surface area contributed by atoms with E-state index in [0.29, 0.717) is 37.8 Å². The molecule has 0 aliphatic carbocycles. The van der Waals surface area contributed by atoms with Gasteiger partial charge in [-0.05, 0) is 131 Å². The van der Waals surface area contributed by atoms with Gasteiger partial charge in [-0.1, -0.05) is 130 Å². The fourth-order valence-corrected chi connectivity index (χ4v) is 12.5. The molecule has 12 bridgehead atoms. The van der Waals surface area contributed by atoms with E-state index in [1.807, 2.05) is 0 Å². The molecule has 0 atom stereocenters. The van der Waals surface area contributed by atoms with Gasteiger partial charge in [0.1, 0.15) is 23.0 Å². The van der Waals surface area contributed by atoms with Crippen LogP contribution >= 0.6 is 47.0 Å². The van der Waals surface area contributed by atoms with E-state index >= 15 is 0 Å². The summed E-state index contributed by atoms with van der Waals surface area (Å²) in [6, 6.07) is 18.1. The van der Waals surface area contributed by atoms with Gasteiger partial charge in [-0.2, -0.15) is 0 Å². The fraction of sp³-hybridized carbons (Fsp3) is 0.519. The van der Waals surface area contributed by atoms with Crippen LogP contribution in [0.1, 0.15) is 144 Å². The molecule has 2 amide bonds. The normalized spacial score (nSPS) is 17.2. The largest absolute Gasteiger partial charge is 0.491 e. The molecule has 0 saturated heterocycles. The average molecular weight is 971 g/mol. The molecule has 0 radical (unpaired) electrons. The second kappa shape index (κ2) is 20.6. The van der Waals surface area contributed by atoms with E-state index in [1.54, 1.807) is 47.0 Å². The van der Waals surface area contributed by atoms with E-state index in [2.05, 4.69) is 142 Å². The number of ether oxygens (including phenoxy) is 4. The summed E-state index contributed by atoms with van der Waals surface area (Å²) in [5, 5.41) is 6.21. The molecule has 4 aromatic rings. The maximum atomic E-state index is 13.5. The molecule has 3 heterocycles. The third-order valence-electron chi connectivity index (χ3n) is 11.9. The van der Waals surface area contributed by atoms with E-state index < -0.39 is 0 Å². The van der Waals surface area contributed by atoms with Crippen molar-refractivity contribution in [2.24, 2.45) is 0 Å². The van der Waals surface area contributed by atoms with E-state index in [1.165, 1.54) is 0 Å². The molecule has 3 aliphatic rings. The van der Waals surface area contributed by atoms with Crippen LogP contribution in [0.3, 0.4) is 0 Å². The Morgan fingerprint density at radius 2 is 0.606 bits per heavy atom. The first-order valence-electron chi connectivity index (χ1n) is 23.5. The van der Waals surface area contributed by atoms with Gasteiger partial charge in [0.15, 0.2) is 13.2 Å². The highest BCUT2D eigenvalue weighted by atomic mass is 32.2. The highest BCUT2D eigenvalue weighted by Gasteiger charge is 2.31. The Hall–Kier alpha value is -3.58.